The van der Waals surface area contributed by atoms with E-state index in [2.05, 4.69) is 60.4 Å². The number of guanidine groups is 1. The van der Waals surface area contributed by atoms with Crippen molar-refractivity contribution in [2.45, 2.75) is 51.1 Å². The maximum Gasteiger partial charge on any atom is 0.213 e. The van der Waals surface area contributed by atoms with Gasteiger partial charge >= 0.3 is 0 Å². The third-order valence-corrected chi connectivity index (χ3v) is 4.88. The molecule has 0 atom stereocenters. The van der Waals surface area contributed by atoms with Gasteiger partial charge in [-0.15, -0.1) is 0 Å². The number of nitrogens with zero attached hydrogens (tertiary/aromatic N) is 3. The minimum Gasteiger partial charge on any atom is -0.443 e. The van der Waals surface area contributed by atoms with Crippen molar-refractivity contribution >= 4 is 5.96 Å². The van der Waals surface area contributed by atoms with Crippen LogP contribution in [0.1, 0.15) is 45.3 Å². The van der Waals surface area contributed by atoms with Gasteiger partial charge in [-0.1, -0.05) is 20.8 Å². The first-order chi connectivity index (χ1) is 11.8. The van der Waals surface area contributed by atoms with Crippen molar-refractivity contribution in [3.63, 3.8) is 0 Å². The van der Waals surface area contributed by atoms with Gasteiger partial charge in [-0.2, -0.15) is 0 Å². The molecule has 142 valence electrons. The molecule has 0 unspecified atom stereocenters. The van der Waals surface area contributed by atoms with Crippen molar-refractivity contribution in [3.05, 3.63) is 17.8 Å². The fourth-order valence-electron chi connectivity index (χ4n) is 2.90. The standard InChI is InChI=1S/C18H33N5O2/c1-17(2,3)14-11-20-15(25-14)12-21-16(19-4)22-13-18(23(5)6)7-9-24-10-8-18/h11H,7-10,12-13H2,1-6H3,(H2,19,21,22). The number of hydrogen-bond donors (Lipinski definition) is 2. The second-order valence-corrected chi connectivity index (χ2v) is 7.88. The van der Waals surface area contributed by atoms with E-state index in [1.165, 1.54) is 0 Å². The van der Waals surface area contributed by atoms with Crippen LogP contribution < -0.4 is 10.6 Å². The van der Waals surface area contributed by atoms with Crippen LogP contribution in [0.4, 0.5) is 0 Å². The lowest BCUT2D eigenvalue weighted by molar-refractivity contribution is -0.00501. The monoisotopic (exact) mass is 351 g/mol. The van der Waals surface area contributed by atoms with Crippen LogP contribution in [-0.4, -0.2) is 62.3 Å². The number of nitrogens with one attached hydrogen (secondary N) is 2. The van der Waals surface area contributed by atoms with E-state index in [9.17, 15) is 0 Å². The highest BCUT2D eigenvalue weighted by Crippen LogP contribution is 2.25. The van der Waals surface area contributed by atoms with Crippen molar-refractivity contribution in [2.75, 3.05) is 40.9 Å². The minimum atomic E-state index is -0.0354. The van der Waals surface area contributed by atoms with Gasteiger partial charge in [0.05, 0.1) is 12.7 Å². The maximum atomic E-state index is 5.81. The molecule has 0 amide bonds. The molecular weight excluding hydrogens is 318 g/mol. The van der Waals surface area contributed by atoms with E-state index in [1.807, 2.05) is 0 Å². The second kappa shape index (κ2) is 8.19. The average Bonchev–Trinajstić information content (AvgIpc) is 3.05. The van der Waals surface area contributed by atoms with Crippen LogP contribution in [-0.2, 0) is 16.7 Å². The SMILES string of the molecule is CN=C(NCc1ncc(C(C)(C)C)o1)NCC1(N(C)C)CCOCC1. The Hall–Kier alpha value is -1.60. The highest BCUT2D eigenvalue weighted by atomic mass is 16.5. The zero-order chi connectivity index (χ0) is 18.5. The van der Waals surface area contributed by atoms with Crippen LogP contribution >= 0.6 is 0 Å². The van der Waals surface area contributed by atoms with Gasteiger partial charge in [0.25, 0.3) is 0 Å². The van der Waals surface area contributed by atoms with Gasteiger partial charge in [-0.3, -0.25) is 4.99 Å². The first-order valence-electron chi connectivity index (χ1n) is 8.92. The molecule has 1 fully saturated rings. The van der Waals surface area contributed by atoms with E-state index in [-0.39, 0.29) is 11.0 Å². The summed E-state index contributed by atoms with van der Waals surface area (Å²) >= 11 is 0. The molecule has 0 bridgehead atoms. The van der Waals surface area contributed by atoms with Crippen LogP contribution in [0.25, 0.3) is 0 Å². The smallest absolute Gasteiger partial charge is 0.213 e. The summed E-state index contributed by atoms with van der Waals surface area (Å²) in [5.41, 5.74) is 0.0600. The Kier molecular flexibility index (Phi) is 6.46. The number of likely N-dealkylation sites (N-methyl/N-ethyl adjacent to an activating group) is 1. The third kappa shape index (κ3) is 5.19. The highest BCUT2D eigenvalue weighted by molar-refractivity contribution is 5.79. The largest absolute Gasteiger partial charge is 0.443 e. The maximum absolute atomic E-state index is 5.81. The van der Waals surface area contributed by atoms with E-state index in [0.717, 1.165) is 44.3 Å². The Bertz CT molecular complexity index is 568. The molecule has 1 aliphatic heterocycles. The first-order valence-corrected chi connectivity index (χ1v) is 8.92. The predicted octanol–water partition coefficient (Wildman–Crippen LogP) is 1.75. The molecule has 1 aliphatic rings. The molecule has 0 saturated carbocycles. The summed E-state index contributed by atoms with van der Waals surface area (Å²) in [7, 11) is 6.03. The van der Waals surface area contributed by atoms with Gasteiger partial charge < -0.3 is 24.7 Å². The van der Waals surface area contributed by atoms with Crippen molar-refractivity contribution in [2.24, 2.45) is 4.99 Å². The van der Waals surface area contributed by atoms with Crippen molar-refractivity contribution in [1.29, 1.82) is 0 Å². The molecule has 1 saturated heterocycles. The molecular formula is C18H33N5O2. The molecule has 1 aromatic heterocycles. The molecule has 25 heavy (non-hydrogen) atoms. The molecule has 0 radical (unpaired) electrons. The summed E-state index contributed by atoms with van der Waals surface area (Å²) in [5.74, 6) is 2.31. The Morgan fingerprint density at radius 2 is 1.96 bits per heavy atom. The fraction of sp³-hybridized carbons (Fsp3) is 0.778. The van der Waals surface area contributed by atoms with Crippen LogP contribution in [0, 0.1) is 0 Å². The highest BCUT2D eigenvalue weighted by Gasteiger charge is 2.34. The summed E-state index contributed by atoms with van der Waals surface area (Å²) in [6, 6.07) is 0. The van der Waals surface area contributed by atoms with Gasteiger partial charge in [0.2, 0.25) is 5.89 Å². The molecule has 2 rings (SSSR count). The lowest BCUT2D eigenvalue weighted by Crippen LogP contribution is -2.57. The number of rotatable bonds is 5. The third-order valence-electron chi connectivity index (χ3n) is 4.88. The number of hydrogen-bond acceptors (Lipinski definition) is 5. The summed E-state index contributed by atoms with van der Waals surface area (Å²) in [4.78, 5) is 10.9. The molecule has 0 aliphatic carbocycles. The zero-order valence-electron chi connectivity index (χ0n) is 16.5. The summed E-state index contributed by atoms with van der Waals surface area (Å²) in [6.07, 6.45) is 3.83. The van der Waals surface area contributed by atoms with E-state index < -0.39 is 0 Å². The van der Waals surface area contributed by atoms with E-state index in [1.54, 1.807) is 13.2 Å². The van der Waals surface area contributed by atoms with Gasteiger partial charge in [0.1, 0.15) is 5.76 Å². The lowest BCUT2D eigenvalue weighted by atomic mass is 9.88. The Balaban J connectivity index is 1.89. The van der Waals surface area contributed by atoms with E-state index >= 15 is 0 Å². The van der Waals surface area contributed by atoms with Gasteiger partial charge in [-0.05, 0) is 26.9 Å². The van der Waals surface area contributed by atoms with Gasteiger partial charge in [0, 0.05) is 37.8 Å². The molecule has 7 nitrogen and oxygen atoms in total. The number of oxazole rings is 1. The number of aliphatic imine (C=N–C) groups is 1. The normalized spacial score (nSPS) is 18.4. The van der Waals surface area contributed by atoms with E-state index in [4.69, 9.17) is 9.15 Å². The summed E-state index contributed by atoms with van der Waals surface area (Å²) < 4.78 is 11.3. The van der Waals surface area contributed by atoms with Gasteiger partial charge in [-0.25, -0.2) is 4.98 Å². The average molecular weight is 351 g/mol. The molecule has 2 heterocycles. The number of ether oxygens (including phenoxy) is 1. The number of aromatic nitrogens is 1. The van der Waals surface area contributed by atoms with Crippen molar-refractivity contribution in [3.8, 4) is 0 Å². The van der Waals surface area contributed by atoms with Crippen LogP contribution in [0.2, 0.25) is 0 Å². The molecule has 1 aromatic rings. The van der Waals surface area contributed by atoms with Crippen molar-refractivity contribution < 1.29 is 9.15 Å². The summed E-state index contributed by atoms with van der Waals surface area (Å²) in [6.45, 7) is 9.27. The van der Waals surface area contributed by atoms with E-state index in [0.29, 0.717) is 12.4 Å². The van der Waals surface area contributed by atoms with Gasteiger partial charge in [0.15, 0.2) is 5.96 Å². The topological polar surface area (TPSA) is 74.9 Å². The summed E-state index contributed by atoms with van der Waals surface area (Å²) in [5, 5.41) is 6.72. The Morgan fingerprint density at radius 3 is 2.48 bits per heavy atom. The van der Waals surface area contributed by atoms with Crippen LogP contribution in [0.15, 0.2) is 15.6 Å². The Morgan fingerprint density at radius 1 is 1.28 bits per heavy atom. The van der Waals surface area contributed by atoms with Crippen LogP contribution in [0.5, 0.6) is 0 Å². The van der Waals surface area contributed by atoms with Crippen LogP contribution in [0.3, 0.4) is 0 Å². The second-order valence-electron chi connectivity index (χ2n) is 7.88. The first kappa shape index (κ1) is 19.7. The zero-order valence-corrected chi connectivity index (χ0v) is 16.5. The molecule has 0 spiro atoms. The predicted molar refractivity (Wildman–Crippen MR) is 99.9 cm³/mol. The molecule has 7 heteroatoms. The minimum absolute atomic E-state index is 0.0354. The van der Waals surface area contributed by atoms with Crippen molar-refractivity contribution in [1.82, 2.24) is 20.5 Å². The fourth-order valence-corrected chi connectivity index (χ4v) is 2.90. The molecule has 0 aromatic carbocycles. The Labute approximate surface area is 151 Å². The molecule has 2 N–H and O–H groups in total. The quantitative estimate of drug-likeness (QED) is 0.622. The lowest BCUT2D eigenvalue weighted by Gasteiger charge is -2.43.